The van der Waals surface area contributed by atoms with E-state index in [2.05, 4.69) is 10.3 Å². The van der Waals surface area contributed by atoms with Crippen LogP contribution in [-0.4, -0.2) is 10.9 Å². The van der Waals surface area contributed by atoms with E-state index >= 15 is 0 Å². The number of nitrogens with one attached hydrogen (secondary N) is 2. The van der Waals surface area contributed by atoms with Gasteiger partial charge < -0.3 is 16.0 Å². The first-order chi connectivity index (χ1) is 9.24. The van der Waals surface area contributed by atoms with E-state index in [4.69, 9.17) is 5.73 Å². The van der Waals surface area contributed by atoms with Crippen LogP contribution >= 0.6 is 11.3 Å². The molecule has 0 aliphatic heterocycles. The first-order valence-electron chi connectivity index (χ1n) is 5.90. The SMILES string of the molecule is Nc1ccc2c(C(=O)NCc3ccsc3)c[nH]c2c1. The van der Waals surface area contributed by atoms with Crippen molar-refractivity contribution < 1.29 is 4.79 Å². The molecule has 4 N–H and O–H groups in total. The van der Waals surface area contributed by atoms with Crippen LogP contribution in [0.5, 0.6) is 0 Å². The normalized spacial score (nSPS) is 10.7. The molecule has 0 saturated carbocycles. The Morgan fingerprint density at radius 3 is 3.05 bits per heavy atom. The quantitative estimate of drug-likeness (QED) is 0.641. The number of rotatable bonds is 3. The number of amides is 1. The van der Waals surface area contributed by atoms with E-state index in [1.807, 2.05) is 29.0 Å². The maximum Gasteiger partial charge on any atom is 0.253 e. The predicted octanol–water partition coefficient (Wildman–Crippen LogP) is 2.74. The van der Waals surface area contributed by atoms with Gasteiger partial charge in [0.05, 0.1) is 5.56 Å². The van der Waals surface area contributed by atoms with Crippen LogP contribution in [-0.2, 0) is 6.54 Å². The van der Waals surface area contributed by atoms with Crippen molar-refractivity contribution in [1.82, 2.24) is 10.3 Å². The Hall–Kier alpha value is -2.27. The van der Waals surface area contributed by atoms with E-state index in [1.165, 1.54) is 0 Å². The van der Waals surface area contributed by atoms with Crippen LogP contribution in [0.4, 0.5) is 5.69 Å². The van der Waals surface area contributed by atoms with Crippen molar-refractivity contribution in [3.05, 3.63) is 52.3 Å². The van der Waals surface area contributed by atoms with E-state index < -0.39 is 0 Å². The highest BCUT2D eigenvalue weighted by Gasteiger charge is 2.11. The lowest BCUT2D eigenvalue weighted by Crippen LogP contribution is -2.22. The van der Waals surface area contributed by atoms with Crippen molar-refractivity contribution in [2.24, 2.45) is 0 Å². The van der Waals surface area contributed by atoms with Gasteiger partial charge in [-0.15, -0.1) is 0 Å². The third-order valence-electron chi connectivity index (χ3n) is 2.98. The average molecular weight is 271 g/mol. The van der Waals surface area contributed by atoms with Crippen molar-refractivity contribution in [3.63, 3.8) is 0 Å². The second kappa shape index (κ2) is 4.78. The number of hydrogen-bond acceptors (Lipinski definition) is 3. The standard InChI is InChI=1S/C14H13N3OS/c15-10-1-2-11-12(7-16-13(11)5-10)14(18)17-6-9-3-4-19-8-9/h1-5,7-8,16H,6,15H2,(H,17,18). The third kappa shape index (κ3) is 2.32. The number of thiophene rings is 1. The second-order valence-electron chi connectivity index (χ2n) is 4.32. The number of nitrogen functional groups attached to an aromatic ring is 1. The zero-order chi connectivity index (χ0) is 13.2. The topological polar surface area (TPSA) is 70.9 Å². The summed E-state index contributed by atoms with van der Waals surface area (Å²) in [6.07, 6.45) is 1.72. The lowest BCUT2D eigenvalue weighted by molar-refractivity contribution is 0.0952. The molecule has 96 valence electrons. The number of anilines is 1. The highest BCUT2D eigenvalue weighted by Crippen LogP contribution is 2.20. The number of benzene rings is 1. The molecule has 3 aromatic rings. The minimum atomic E-state index is -0.0813. The van der Waals surface area contributed by atoms with Gasteiger partial charge in [-0.05, 0) is 40.6 Å². The van der Waals surface area contributed by atoms with Gasteiger partial charge in [0, 0.05) is 29.3 Å². The van der Waals surface area contributed by atoms with Gasteiger partial charge in [0.15, 0.2) is 0 Å². The van der Waals surface area contributed by atoms with Gasteiger partial charge in [-0.25, -0.2) is 0 Å². The Labute approximate surface area is 114 Å². The first-order valence-corrected chi connectivity index (χ1v) is 6.84. The van der Waals surface area contributed by atoms with Gasteiger partial charge in [-0.1, -0.05) is 0 Å². The summed E-state index contributed by atoms with van der Waals surface area (Å²) in [7, 11) is 0. The van der Waals surface area contributed by atoms with Crippen molar-refractivity contribution in [1.29, 1.82) is 0 Å². The Morgan fingerprint density at radius 2 is 2.26 bits per heavy atom. The molecule has 0 aliphatic carbocycles. The molecule has 1 aromatic carbocycles. The number of aromatic nitrogens is 1. The molecule has 5 heteroatoms. The number of carbonyl (C=O) groups is 1. The molecule has 0 saturated heterocycles. The van der Waals surface area contributed by atoms with Gasteiger partial charge >= 0.3 is 0 Å². The molecule has 2 aromatic heterocycles. The summed E-state index contributed by atoms with van der Waals surface area (Å²) in [4.78, 5) is 15.2. The van der Waals surface area contributed by atoms with Gasteiger partial charge in [-0.3, -0.25) is 4.79 Å². The largest absolute Gasteiger partial charge is 0.399 e. The summed E-state index contributed by atoms with van der Waals surface area (Å²) in [5.41, 5.74) is 9.03. The lowest BCUT2D eigenvalue weighted by Gasteiger charge is -2.02. The van der Waals surface area contributed by atoms with Crippen molar-refractivity contribution >= 4 is 33.8 Å². The van der Waals surface area contributed by atoms with E-state index in [-0.39, 0.29) is 5.91 Å². The zero-order valence-electron chi connectivity index (χ0n) is 10.1. The number of nitrogens with two attached hydrogens (primary N) is 1. The molecule has 2 heterocycles. The fourth-order valence-corrected chi connectivity index (χ4v) is 2.67. The number of carbonyl (C=O) groups excluding carboxylic acids is 1. The van der Waals surface area contributed by atoms with Crippen molar-refractivity contribution in [2.45, 2.75) is 6.54 Å². The van der Waals surface area contributed by atoms with E-state index in [0.29, 0.717) is 17.8 Å². The Morgan fingerprint density at radius 1 is 1.37 bits per heavy atom. The van der Waals surface area contributed by atoms with Crippen LogP contribution in [0.15, 0.2) is 41.2 Å². The summed E-state index contributed by atoms with van der Waals surface area (Å²) in [5.74, 6) is -0.0813. The summed E-state index contributed by atoms with van der Waals surface area (Å²) in [5, 5.41) is 7.82. The molecule has 0 fully saturated rings. The smallest absolute Gasteiger partial charge is 0.253 e. The zero-order valence-corrected chi connectivity index (χ0v) is 11.0. The molecule has 0 unspecified atom stereocenters. The van der Waals surface area contributed by atoms with Crippen molar-refractivity contribution in [3.8, 4) is 0 Å². The van der Waals surface area contributed by atoms with Gasteiger partial charge in [-0.2, -0.15) is 11.3 Å². The average Bonchev–Trinajstić information content (AvgIpc) is 3.04. The van der Waals surface area contributed by atoms with Crippen LogP contribution in [0.2, 0.25) is 0 Å². The molecular formula is C14H13N3OS. The van der Waals surface area contributed by atoms with Crippen LogP contribution in [0.25, 0.3) is 10.9 Å². The number of aromatic amines is 1. The maximum absolute atomic E-state index is 12.1. The first kappa shape index (κ1) is 11.8. The highest BCUT2D eigenvalue weighted by molar-refractivity contribution is 7.07. The van der Waals surface area contributed by atoms with Crippen LogP contribution < -0.4 is 11.1 Å². The molecular weight excluding hydrogens is 258 g/mol. The second-order valence-corrected chi connectivity index (χ2v) is 5.10. The van der Waals surface area contributed by atoms with E-state index in [9.17, 15) is 4.79 Å². The molecule has 1 amide bonds. The summed E-state index contributed by atoms with van der Waals surface area (Å²) < 4.78 is 0. The maximum atomic E-state index is 12.1. The molecule has 0 bridgehead atoms. The highest BCUT2D eigenvalue weighted by atomic mass is 32.1. The van der Waals surface area contributed by atoms with Crippen molar-refractivity contribution in [2.75, 3.05) is 5.73 Å². The number of fused-ring (bicyclic) bond motifs is 1. The lowest BCUT2D eigenvalue weighted by atomic mass is 10.1. The molecule has 0 spiro atoms. The summed E-state index contributed by atoms with van der Waals surface area (Å²) in [6, 6.07) is 7.48. The molecule has 19 heavy (non-hydrogen) atoms. The Kier molecular flexibility index (Phi) is 2.97. The molecule has 0 atom stereocenters. The summed E-state index contributed by atoms with van der Waals surface area (Å²) >= 11 is 1.62. The minimum absolute atomic E-state index is 0.0813. The van der Waals surface area contributed by atoms with Gasteiger partial charge in [0.2, 0.25) is 0 Å². The van der Waals surface area contributed by atoms with Gasteiger partial charge in [0.25, 0.3) is 5.91 Å². The van der Waals surface area contributed by atoms with Gasteiger partial charge in [0.1, 0.15) is 0 Å². The van der Waals surface area contributed by atoms with E-state index in [1.54, 1.807) is 23.6 Å². The van der Waals surface area contributed by atoms with Crippen LogP contribution in [0, 0.1) is 0 Å². The Bertz CT molecular complexity index is 715. The predicted molar refractivity (Wildman–Crippen MR) is 78.2 cm³/mol. The van der Waals surface area contributed by atoms with Crippen LogP contribution in [0.3, 0.4) is 0 Å². The monoisotopic (exact) mass is 271 g/mol. The third-order valence-corrected chi connectivity index (χ3v) is 3.72. The van der Waals surface area contributed by atoms with Crippen LogP contribution in [0.1, 0.15) is 15.9 Å². The minimum Gasteiger partial charge on any atom is -0.399 e. The fraction of sp³-hybridized carbons (Fsp3) is 0.0714. The molecule has 0 aliphatic rings. The number of H-pyrrole nitrogens is 1. The number of hydrogen-bond donors (Lipinski definition) is 3. The fourth-order valence-electron chi connectivity index (χ4n) is 2.00. The molecule has 4 nitrogen and oxygen atoms in total. The molecule has 3 rings (SSSR count). The van der Waals surface area contributed by atoms with E-state index in [0.717, 1.165) is 16.5 Å². The molecule has 0 radical (unpaired) electrons. The summed E-state index contributed by atoms with van der Waals surface area (Å²) in [6.45, 7) is 0.546. The Balaban J connectivity index is 1.81.